The number of benzene rings is 1. The van der Waals surface area contributed by atoms with Crippen LogP contribution in [-0.4, -0.2) is 9.55 Å². The van der Waals surface area contributed by atoms with Gasteiger partial charge in [0.1, 0.15) is 5.82 Å². The lowest BCUT2D eigenvalue weighted by atomic mass is 9.92. The normalized spacial score (nSPS) is 16.6. The SMILES string of the molecule is ClCc1nc2cc(I)ccc2n1C1CCC1. The van der Waals surface area contributed by atoms with Gasteiger partial charge in [-0.3, -0.25) is 0 Å². The topological polar surface area (TPSA) is 17.8 Å². The van der Waals surface area contributed by atoms with Crippen molar-refractivity contribution in [1.82, 2.24) is 9.55 Å². The van der Waals surface area contributed by atoms with Crippen LogP contribution in [0.2, 0.25) is 0 Å². The Morgan fingerprint density at radius 3 is 2.88 bits per heavy atom. The Morgan fingerprint density at radius 1 is 1.44 bits per heavy atom. The van der Waals surface area contributed by atoms with Crippen LogP contribution in [-0.2, 0) is 5.88 Å². The van der Waals surface area contributed by atoms with Crippen LogP contribution in [0.4, 0.5) is 0 Å². The minimum atomic E-state index is 0.502. The molecule has 2 aromatic rings. The number of alkyl halides is 1. The maximum absolute atomic E-state index is 5.98. The van der Waals surface area contributed by atoms with Crippen molar-refractivity contribution < 1.29 is 0 Å². The monoisotopic (exact) mass is 346 g/mol. The summed E-state index contributed by atoms with van der Waals surface area (Å²) in [6, 6.07) is 7.05. The van der Waals surface area contributed by atoms with Gasteiger partial charge in [0.05, 0.1) is 16.9 Å². The van der Waals surface area contributed by atoms with Gasteiger partial charge in [0.15, 0.2) is 0 Å². The minimum absolute atomic E-state index is 0.502. The lowest BCUT2D eigenvalue weighted by Gasteiger charge is -2.28. The summed E-state index contributed by atoms with van der Waals surface area (Å²) in [7, 11) is 0. The molecule has 0 spiro atoms. The van der Waals surface area contributed by atoms with Gasteiger partial charge in [0.25, 0.3) is 0 Å². The molecule has 1 saturated carbocycles. The zero-order chi connectivity index (χ0) is 11.1. The lowest BCUT2D eigenvalue weighted by Crippen LogP contribution is -2.18. The third-order valence-electron chi connectivity index (χ3n) is 3.28. The number of hydrogen-bond acceptors (Lipinski definition) is 1. The number of fused-ring (bicyclic) bond motifs is 1. The van der Waals surface area contributed by atoms with Crippen molar-refractivity contribution in [3.63, 3.8) is 0 Å². The molecule has 2 nitrogen and oxygen atoms in total. The van der Waals surface area contributed by atoms with Crippen molar-refractivity contribution in [1.29, 1.82) is 0 Å². The van der Waals surface area contributed by atoms with E-state index in [1.165, 1.54) is 28.3 Å². The molecule has 4 heteroatoms. The summed E-state index contributed by atoms with van der Waals surface area (Å²) in [4.78, 5) is 4.62. The summed E-state index contributed by atoms with van der Waals surface area (Å²) in [6.07, 6.45) is 3.86. The fourth-order valence-electron chi connectivity index (χ4n) is 2.27. The van der Waals surface area contributed by atoms with Crippen molar-refractivity contribution in [3.8, 4) is 0 Å². The fraction of sp³-hybridized carbons (Fsp3) is 0.417. The average Bonchev–Trinajstić information content (AvgIpc) is 2.54. The quantitative estimate of drug-likeness (QED) is 0.591. The summed E-state index contributed by atoms with van der Waals surface area (Å²) in [5.41, 5.74) is 2.32. The van der Waals surface area contributed by atoms with E-state index in [4.69, 9.17) is 11.6 Å². The van der Waals surface area contributed by atoms with Crippen LogP contribution in [0.1, 0.15) is 31.1 Å². The summed E-state index contributed by atoms with van der Waals surface area (Å²) in [5, 5.41) is 0. The number of aromatic nitrogens is 2. The molecule has 0 aliphatic heterocycles. The van der Waals surface area contributed by atoms with Gasteiger partial charge < -0.3 is 4.57 Å². The highest BCUT2D eigenvalue weighted by Gasteiger charge is 2.24. The highest BCUT2D eigenvalue weighted by Crippen LogP contribution is 2.36. The van der Waals surface area contributed by atoms with E-state index in [9.17, 15) is 0 Å². The van der Waals surface area contributed by atoms with Crippen LogP contribution < -0.4 is 0 Å². The van der Waals surface area contributed by atoms with Gasteiger partial charge in [-0.15, -0.1) is 11.6 Å². The maximum atomic E-state index is 5.98. The van der Waals surface area contributed by atoms with Crippen LogP contribution in [0.5, 0.6) is 0 Å². The summed E-state index contributed by atoms with van der Waals surface area (Å²) >= 11 is 8.30. The van der Waals surface area contributed by atoms with Crippen molar-refractivity contribution in [2.24, 2.45) is 0 Å². The molecule has 1 aromatic carbocycles. The molecule has 0 radical (unpaired) electrons. The molecule has 16 heavy (non-hydrogen) atoms. The first kappa shape index (κ1) is 10.8. The molecule has 3 rings (SSSR count). The fourth-order valence-corrected chi connectivity index (χ4v) is 2.93. The van der Waals surface area contributed by atoms with Gasteiger partial charge in [0, 0.05) is 9.61 Å². The minimum Gasteiger partial charge on any atom is -0.324 e. The molecule has 0 bridgehead atoms. The van der Waals surface area contributed by atoms with Crippen LogP contribution in [0.3, 0.4) is 0 Å². The van der Waals surface area contributed by atoms with E-state index in [-0.39, 0.29) is 0 Å². The Bertz CT molecular complexity index is 531. The van der Waals surface area contributed by atoms with Crippen LogP contribution in [0.15, 0.2) is 18.2 Å². The van der Waals surface area contributed by atoms with E-state index in [0.29, 0.717) is 11.9 Å². The van der Waals surface area contributed by atoms with Gasteiger partial charge >= 0.3 is 0 Å². The van der Waals surface area contributed by atoms with Crippen LogP contribution >= 0.6 is 34.2 Å². The first-order chi connectivity index (χ1) is 7.79. The highest BCUT2D eigenvalue weighted by atomic mass is 127. The lowest BCUT2D eigenvalue weighted by molar-refractivity contribution is 0.315. The maximum Gasteiger partial charge on any atom is 0.125 e. The molecule has 84 valence electrons. The van der Waals surface area contributed by atoms with Gasteiger partial charge in [0.2, 0.25) is 0 Å². The van der Waals surface area contributed by atoms with Gasteiger partial charge in [-0.05, 0) is 60.1 Å². The molecule has 0 amide bonds. The van der Waals surface area contributed by atoms with E-state index in [1.54, 1.807) is 0 Å². The highest BCUT2D eigenvalue weighted by molar-refractivity contribution is 14.1. The molecule has 0 N–H and O–H groups in total. The number of imidazole rings is 1. The molecular formula is C12H12ClIN2. The zero-order valence-corrected chi connectivity index (χ0v) is 11.7. The van der Waals surface area contributed by atoms with Gasteiger partial charge in [-0.1, -0.05) is 0 Å². The number of rotatable bonds is 2. The Balaban J connectivity index is 2.22. The summed E-state index contributed by atoms with van der Waals surface area (Å²) in [5.74, 6) is 1.52. The Labute approximate surface area is 113 Å². The zero-order valence-electron chi connectivity index (χ0n) is 8.79. The van der Waals surface area contributed by atoms with Gasteiger partial charge in [-0.25, -0.2) is 4.98 Å². The predicted molar refractivity (Wildman–Crippen MR) is 74.9 cm³/mol. The molecule has 1 aromatic heterocycles. The van der Waals surface area contributed by atoms with E-state index in [0.717, 1.165) is 11.3 Å². The molecular weight excluding hydrogens is 335 g/mol. The molecule has 0 saturated heterocycles. The van der Waals surface area contributed by atoms with E-state index in [1.807, 2.05) is 0 Å². The van der Waals surface area contributed by atoms with Crippen molar-refractivity contribution >= 4 is 45.2 Å². The molecule has 1 heterocycles. The first-order valence-electron chi connectivity index (χ1n) is 5.52. The average molecular weight is 347 g/mol. The third kappa shape index (κ3) is 1.64. The Morgan fingerprint density at radius 2 is 2.25 bits per heavy atom. The molecule has 0 unspecified atom stereocenters. The number of hydrogen-bond donors (Lipinski definition) is 0. The largest absolute Gasteiger partial charge is 0.324 e. The summed E-state index contributed by atoms with van der Waals surface area (Å²) < 4.78 is 3.56. The van der Waals surface area contributed by atoms with E-state index >= 15 is 0 Å². The van der Waals surface area contributed by atoms with E-state index < -0.39 is 0 Å². The molecule has 0 atom stereocenters. The second-order valence-electron chi connectivity index (χ2n) is 4.25. The number of halogens is 2. The number of nitrogens with zero attached hydrogens (tertiary/aromatic N) is 2. The smallest absolute Gasteiger partial charge is 0.125 e. The second kappa shape index (κ2) is 4.18. The molecule has 1 fully saturated rings. The Hall–Kier alpha value is -0.290. The molecule has 1 aliphatic carbocycles. The second-order valence-corrected chi connectivity index (χ2v) is 5.76. The third-order valence-corrected chi connectivity index (χ3v) is 4.19. The van der Waals surface area contributed by atoms with Crippen molar-refractivity contribution in [2.75, 3.05) is 0 Å². The predicted octanol–water partition coefficient (Wildman–Crippen LogP) is 4.10. The Kier molecular flexibility index (Phi) is 2.83. The van der Waals surface area contributed by atoms with Crippen molar-refractivity contribution in [3.05, 3.63) is 27.6 Å². The summed E-state index contributed by atoms with van der Waals surface area (Å²) in [6.45, 7) is 0. The molecule has 1 aliphatic rings. The van der Waals surface area contributed by atoms with Crippen LogP contribution in [0.25, 0.3) is 11.0 Å². The standard InChI is InChI=1S/C12H12ClIN2/c13-7-12-15-10-6-8(14)4-5-11(10)16(12)9-2-1-3-9/h4-6,9H,1-3,7H2. The van der Waals surface area contributed by atoms with E-state index in [2.05, 4.69) is 50.3 Å². The van der Waals surface area contributed by atoms with Gasteiger partial charge in [-0.2, -0.15) is 0 Å². The van der Waals surface area contributed by atoms with Crippen molar-refractivity contribution in [2.45, 2.75) is 31.2 Å². The van der Waals surface area contributed by atoms with Crippen LogP contribution in [0, 0.1) is 3.57 Å². The first-order valence-corrected chi connectivity index (χ1v) is 7.13.